The molecular formula is C15H14F2N2O3. The molecule has 0 radical (unpaired) electrons. The van der Waals surface area contributed by atoms with E-state index in [9.17, 15) is 13.6 Å². The number of hydrogen-bond acceptors (Lipinski definition) is 3. The Kier molecular flexibility index (Phi) is 5.13. The zero-order valence-corrected chi connectivity index (χ0v) is 11.7. The molecule has 0 aliphatic carbocycles. The number of urea groups is 1. The average Bonchev–Trinajstić information content (AvgIpc) is 2.47. The van der Waals surface area contributed by atoms with Crippen molar-refractivity contribution in [3.63, 3.8) is 0 Å². The van der Waals surface area contributed by atoms with E-state index >= 15 is 0 Å². The smallest absolute Gasteiger partial charge is 0.387 e. The first-order valence-corrected chi connectivity index (χ1v) is 6.34. The van der Waals surface area contributed by atoms with Gasteiger partial charge in [0.1, 0.15) is 11.5 Å². The Hall–Kier alpha value is -2.83. The van der Waals surface area contributed by atoms with Gasteiger partial charge in [0.25, 0.3) is 0 Å². The number of benzene rings is 2. The average molecular weight is 308 g/mol. The van der Waals surface area contributed by atoms with Gasteiger partial charge < -0.3 is 20.1 Å². The standard InChI is InChI=1S/C15H14F2N2O3/c1-21-12-7-5-10(6-8-12)18-15(20)19-11-3-2-4-13(9-11)22-14(16)17/h2-9,14H,1H3,(H2,18,19,20). The fraction of sp³-hybridized carbons (Fsp3) is 0.133. The predicted octanol–water partition coefficient (Wildman–Crippen LogP) is 3.94. The van der Waals surface area contributed by atoms with Gasteiger partial charge in [-0.05, 0) is 36.4 Å². The third-order valence-corrected chi connectivity index (χ3v) is 2.66. The lowest BCUT2D eigenvalue weighted by Crippen LogP contribution is -2.19. The Morgan fingerprint density at radius 3 is 2.32 bits per heavy atom. The molecule has 0 aliphatic heterocycles. The number of ether oxygens (including phenoxy) is 2. The van der Waals surface area contributed by atoms with Crippen molar-refractivity contribution in [2.24, 2.45) is 0 Å². The zero-order chi connectivity index (χ0) is 15.9. The number of halogens is 2. The summed E-state index contributed by atoms with van der Waals surface area (Å²) < 4.78 is 33.5. The Bertz CT molecular complexity index is 633. The van der Waals surface area contributed by atoms with Crippen LogP contribution in [0.3, 0.4) is 0 Å². The molecule has 2 N–H and O–H groups in total. The molecule has 0 aliphatic rings. The minimum atomic E-state index is -2.91. The molecule has 2 rings (SSSR count). The Balaban J connectivity index is 1.96. The van der Waals surface area contributed by atoms with Crippen LogP contribution in [0.1, 0.15) is 0 Å². The van der Waals surface area contributed by atoms with Gasteiger partial charge in [-0.3, -0.25) is 0 Å². The maximum atomic E-state index is 12.1. The molecule has 2 amide bonds. The number of carbonyl (C=O) groups excluding carboxylic acids is 1. The number of amides is 2. The van der Waals surface area contributed by atoms with Crippen LogP contribution in [0.4, 0.5) is 25.0 Å². The van der Waals surface area contributed by atoms with E-state index < -0.39 is 12.6 Å². The number of rotatable bonds is 5. The molecule has 0 bridgehead atoms. The van der Waals surface area contributed by atoms with Crippen LogP contribution in [0.5, 0.6) is 11.5 Å². The van der Waals surface area contributed by atoms with E-state index in [2.05, 4.69) is 15.4 Å². The quantitative estimate of drug-likeness (QED) is 0.879. The van der Waals surface area contributed by atoms with Gasteiger partial charge in [0, 0.05) is 17.4 Å². The molecule has 2 aromatic rings. The SMILES string of the molecule is COc1ccc(NC(=O)Nc2cccc(OC(F)F)c2)cc1. The zero-order valence-electron chi connectivity index (χ0n) is 11.7. The second-order valence-corrected chi connectivity index (χ2v) is 4.21. The van der Waals surface area contributed by atoms with Crippen molar-refractivity contribution in [2.45, 2.75) is 6.61 Å². The third kappa shape index (κ3) is 4.62. The second-order valence-electron chi connectivity index (χ2n) is 4.21. The van der Waals surface area contributed by atoms with E-state index in [-0.39, 0.29) is 5.75 Å². The predicted molar refractivity (Wildman–Crippen MR) is 78.7 cm³/mol. The Morgan fingerprint density at radius 1 is 1.00 bits per heavy atom. The summed E-state index contributed by atoms with van der Waals surface area (Å²) in [5.41, 5.74) is 0.905. The number of alkyl halides is 2. The molecule has 0 unspecified atom stereocenters. The van der Waals surface area contributed by atoms with Crippen LogP contribution in [-0.4, -0.2) is 19.8 Å². The summed E-state index contributed by atoms with van der Waals surface area (Å²) in [4.78, 5) is 11.8. The first-order valence-electron chi connectivity index (χ1n) is 6.34. The van der Waals surface area contributed by atoms with Gasteiger partial charge in [0.15, 0.2) is 0 Å². The fourth-order valence-electron chi connectivity index (χ4n) is 1.72. The van der Waals surface area contributed by atoms with E-state index in [0.29, 0.717) is 17.1 Å². The van der Waals surface area contributed by atoms with Crippen molar-refractivity contribution >= 4 is 17.4 Å². The summed E-state index contributed by atoms with van der Waals surface area (Å²) >= 11 is 0. The van der Waals surface area contributed by atoms with Crippen molar-refractivity contribution in [3.8, 4) is 11.5 Å². The molecule has 5 nitrogen and oxygen atoms in total. The lowest BCUT2D eigenvalue weighted by Gasteiger charge is -2.10. The Labute approximate surface area is 125 Å². The molecule has 0 heterocycles. The molecule has 7 heteroatoms. The highest BCUT2D eigenvalue weighted by Crippen LogP contribution is 2.20. The van der Waals surface area contributed by atoms with Gasteiger partial charge in [-0.2, -0.15) is 8.78 Å². The summed E-state index contributed by atoms with van der Waals surface area (Å²) in [5, 5.41) is 5.13. The van der Waals surface area contributed by atoms with Gasteiger partial charge in [0.05, 0.1) is 7.11 Å². The fourth-order valence-corrected chi connectivity index (χ4v) is 1.72. The summed E-state index contributed by atoms with van der Waals surface area (Å²) in [6.45, 7) is -2.91. The van der Waals surface area contributed by atoms with Crippen molar-refractivity contribution in [2.75, 3.05) is 17.7 Å². The largest absolute Gasteiger partial charge is 0.497 e. The first kappa shape index (κ1) is 15.6. The highest BCUT2D eigenvalue weighted by atomic mass is 19.3. The number of carbonyl (C=O) groups is 1. The van der Waals surface area contributed by atoms with E-state index in [0.717, 1.165) is 0 Å². The number of nitrogens with one attached hydrogen (secondary N) is 2. The molecule has 116 valence electrons. The van der Waals surface area contributed by atoms with Crippen LogP contribution in [0.15, 0.2) is 48.5 Å². The molecule has 0 aromatic heterocycles. The van der Waals surface area contributed by atoms with E-state index in [1.54, 1.807) is 37.4 Å². The van der Waals surface area contributed by atoms with Crippen molar-refractivity contribution in [1.82, 2.24) is 0 Å². The maximum absolute atomic E-state index is 12.1. The molecule has 0 saturated carbocycles. The summed E-state index contributed by atoms with van der Waals surface area (Å²) in [7, 11) is 1.55. The van der Waals surface area contributed by atoms with E-state index in [4.69, 9.17) is 4.74 Å². The lowest BCUT2D eigenvalue weighted by atomic mass is 10.3. The maximum Gasteiger partial charge on any atom is 0.387 e. The highest BCUT2D eigenvalue weighted by molar-refractivity contribution is 5.99. The Morgan fingerprint density at radius 2 is 1.68 bits per heavy atom. The molecular weight excluding hydrogens is 294 g/mol. The van der Waals surface area contributed by atoms with Crippen LogP contribution in [0.2, 0.25) is 0 Å². The summed E-state index contributed by atoms with van der Waals surface area (Å²) in [6.07, 6.45) is 0. The van der Waals surface area contributed by atoms with E-state index in [1.807, 2.05) is 0 Å². The van der Waals surface area contributed by atoms with Crippen LogP contribution >= 0.6 is 0 Å². The number of anilines is 2. The molecule has 0 spiro atoms. The first-order chi connectivity index (χ1) is 10.6. The van der Waals surface area contributed by atoms with Crippen molar-refractivity contribution in [1.29, 1.82) is 0 Å². The van der Waals surface area contributed by atoms with Gasteiger partial charge in [-0.15, -0.1) is 0 Å². The van der Waals surface area contributed by atoms with Crippen LogP contribution < -0.4 is 20.1 Å². The third-order valence-electron chi connectivity index (χ3n) is 2.66. The number of methoxy groups -OCH3 is 1. The van der Waals surface area contributed by atoms with Gasteiger partial charge >= 0.3 is 12.6 Å². The van der Waals surface area contributed by atoms with Crippen LogP contribution in [0.25, 0.3) is 0 Å². The molecule has 0 saturated heterocycles. The second kappa shape index (κ2) is 7.26. The molecule has 0 atom stereocenters. The topological polar surface area (TPSA) is 59.6 Å². The van der Waals surface area contributed by atoms with Crippen LogP contribution in [-0.2, 0) is 0 Å². The lowest BCUT2D eigenvalue weighted by molar-refractivity contribution is -0.0497. The van der Waals surface area contributed by atoms with Gasteiger partial charge in [-0.25, -0.2) is 4.79 Å². The molecule has 22 heavy (non-hydrogen) atoms. The minimum Gasteiger partial charge on any atom is -0.497 e. The minimum absolute atomic E-state index is 0.0303. The molecule has 0 fully saturated rings. The molecule has 2 aromatic carbocycles. The van der Waals surface area contributed by atoms with Crippen molar-refractivity contribution < 1.29 is 23.0 Å². The van der Waals surface area contributed by atoms with Crippen molar-refractivity contribution in [3.05, 3.63) is 48.5 Å². The summed E-state index contributed by atoms with van der Waals surface area (Å²) in [5.74, 6) is 0.639. The monoisotopic (exact) mass is 308 g/mol. The van der Waals surface area contributed by atoms with Gasteiger partial charge in [-0.1, -0.05) is 6.07 Å². The van der Waals surface area contributed by atoms with Gasteiger partial charge in [0.2, 0.25) is 0 Å². The van der Waals surface area contributed by atoms with Crippen LogP contribution in [0, 0.1) is 0 Å². The normalized spacial score (nSPS) is 10.2. The summed E-state index contributed by atoms with van der Waals surface area (Å²) in [6, 6.07) is 12.0. The number of hydrogen-bond donors (Lipinski definition) is 2. The van der Waals surface area contributed by atoms with E-state index in [1.165, 1.54) is 18.2 Å². The highest BCUT2D eigenvalue weighted by Gasteiger charge is 2.07.